The fourth-order valence-corrected chi connectivity index (χ4v) is 13.7. The van der Waals surface area contributed by atoms with E-state index in [-0.39, 0.29) is 0 Å². The highest BCUT2D eigenvalue weighted by Crippen LogP contribution is 2.36. The standard InChI is InChI=1S/C20H47NSi2/c1-9-22(10-2,11-3)19(7)15-17-21-18-16-20(8)23(12-4,13-5)14-6/h19-21H,9-18H2,1-8H3. The van der Waals surface area contributed by atoms with Crippen molar-refractivity contribution in [2.45, 2.75) is 116 Å². The average molecular weight is 358 g/mol. The van der Waals surface area contributed by atoms with Crippen molar-refractivity contribution >= 4 is 16.1 Å². The van der Waals surface area contributed by atoms with Gasteiger partial charge in [0, 0.05) is 0 Å². The topological polar surface area (TPSA) is 12.0 Å². The quantitative estimate of drug-likeness (QED) is 0.257. The van der Waals surface area contributed by atoms with Gasteiger partial charge in [-0.05, 0) is 37.0 Å². The van der Waals surface area contributed by atoms with Crippen molar-refractivity contribution in [2.24, 2.45) is 0 Å². The summed E-state index contributed by atoms with van der Waals surface area (Å²) in [6.45, 7) is 22.2. The molecule has 0 aliphatic rings. The van der Waals surface area contributed by atoms with E-state index in [4.69, 9.17) is 0 Å². The second-order valence-electron chi connectivity index (χ2n) is 7.98. The van der Waals surface area contributed by atoms with Gasteiger partial charge in [0.1, 0.15) is 0 Å². The molecule has 0 bridgehead atoms. The fraction of sp³-hybridized carbons (Fsp3) is 1.00. The summed E-state index contributed by atoms with van der Waals surface area (Å²) in [4.78, 5) is 0. The van der Waals surface area contributed by atoms with E-state index in [2.05, 4.69) is 60.7 Å². The zero-order valence-corrected chi connectivity index (χ0v) is 19.7. The lowest BCUT2D eigenvalue weighted by atomic mass is 10.3. The Bertz CT molecular complexity index is 241. The molecule has 0 fully saturated rings. The Balaban J connectivity index is 4.18. The van der Waals surface area contributed by atoms with Crippen LogP contribution in [0.1, 0.15) is 68.2 Å². The molecule has 0 aliphatic heterocycles. The molecule has 140 valence electrons. The molecule has 0 saturated carbocycles. The minimum Gasteiger partial charge on any atom is -0.317 e. The highest BCUT2D eigenvalue weighted by molar-refractivity contribution is 6.81. The Hall–Kier alpha value is 0.394. The lowest BCUT2D eigenvalue weighted by molar-refractivity contribution is 0.595. The van der Waals surface area contributed by atoms with Crippen molar-refractivity contribution in [3.63, 3.8) is 0 Å². The second kappa shape index (κ2) is 11.9. The maximum absolute atomic E-state index is 3.78. The van der Waals surface area contributed by atoms with Crippen LogP contribution in [-0.2, 0) is 0 Å². The number of hydrogen-bond acceptors (Lipinski definition) is 1. The third-order valence-corrected chi connectivity index (χ3v) is 21.0. The van der Waals surface area contributed by atoms with E-state index in [9.17, 15) is 0 Å². The molecule has 1 N–H and O–H groups in total. The summed E-state index contributed by atoms with van der Waals surface area (Å²) in [7, 11) is -1.97. The van der Waals surface area contributed by atoms with E-state index in [1.807, 2.05) is 0 Å². The highest BCUT2D eigenvalue weighted by atomic mass is 28.3. The van der Waals surface area contributed by atoms with Crippen molar-refractivity contribution in [3.8, 4) is 0 Å². The van der Waals surface area contributed by atoms with Crippen LogP contribution in [0.4, 0.5) is 0 Å². The molecular formula is C20H47NSi2. The Morgan fingerprint density at radius 2 is 0.826 bits per heavy atom. The van der Waals surface area contributed by atoms with Gasteiger partial charge in [0.15, 0.2) is 0 Å². The molecular weight excluding hydrogens is 310 g/mol. The Morgan fingerprint density at radius 1 is 0.565 bits per heavy atom. The van der Waals surface area contributed by atoms with Crippen LogP contribution in [0.2, 0.25) is 47.3 Å². The first kappa shape index (κ1) is 23.4. The lowest BCUT2D eigenvalue weighted by Crippen LogP contribution is -2.39. The fourth-order valence-electron chi connectivity index (χ4n) is 4.97. The maximum Gasteiger partial charge on any atom is 0.0556 e. The monoisotopic (exact) mass is 357 g/mol. The van der Waals surface area contributed by atoms with E-state index in [0.717, 1.165) is 11.1 Å². The molecule has 23 heavy (non-hydrogen) atoms. The van der Waals surface area contributed by atoms with E-state index in [1.165, 1.54) is 62.2 Å². The van der Waals surface area contributed by atoms with Crippen LogP contribution in [0.15, 0.2) is 0 Å². The Labute approximate surface area is 150 Å². The highest BCUT2D eigenvalue weighted by Gasteiger charge is 2.33. The van der Waals surface area contributed by atoms with Crippen LogP contribution in [-0.4, -0.2) is 29.2 Å². The van der Waals surface area contributed by atoms with Gasteiger partial charge in [0.2, 0.25) is 0 Å². The van der Waals surface area contributed by atoms with Crippen molar-refractivity contribution in [2.75, 3.05) is 13.1 Å². The molecule has 0 amide bonds. The van der Waals surface area contributed by atoms with Gasteiger partial charge >= 0.3 is 0 Å². The molecule has 0 aromatic carbocycles. The molecule has 0 spiro atoms. The average Bonchev–Trinajstić information content (AvgIpc) is 2.58. The summed E-state index contributed by atoms with van der Waals surface area (Å²) in [5.41, 5.74) is 1.95. The lowest BCUT2D eigenvalue weighted by Gasteiger charge is -2.36. The maximum atomic E-state index is 3.78. The van der Waals surface area contributed by atoms with Crippen molar-refractivity contribution in [3.05, 3.63) is 0 Å². The van der Waals surface area contributed by atoms with Gasteiger partial charge in [-0.2, -0.15) is 0 Å². The van der Waals surface area contributed by atoms with Gasteiger partial charge in [-0.15, -0.1) is 0 Å². The number of nitrogens with one attached hydrogen (secondary N) is 1. The smallest absolute Gasteiger partial charge is 0.0556 e. The summed E-state index contributed by atoms with van der Waals surface area (Å²) in [5, 5.41) is 3.78. The van der Waals surface area contributed by atoms with E-state index in [0.29, 0.717) is 0 Å². The van der Waals surface area contributed by atoms with Crippen LogP contribution in [0.25, 0.3) is 0 Å². The number of hydrogen-bond donors (Lipinski definition) is 1. The summed E-state index contributed by atoms with van der Waals surface area (Å²) in [5.74, 6) is 0. The third kappa shape index (κ3) is 6.32. The molecule has 0 rings (SSSR count). The third-order valence-electron chi connectivity index (χ3n) is 7.82. The first-order valence-electron chi connectivity index (χ1n) is 10.6. The Kier molecular flexibility index (Phi) is 12.1. The molecule has 1 nitrogen and oxygen atoms in total. The summed E-state index contributed by atoms with van der Waals surface area (Å²) < 4.78 is 0. The van der Waals surface area contributed by atoms with Crippen LogP contribution in [0, 0.1) is 0 Å². The largest absolute Gasteiger partial charge is 0.317 e. The van der Waals surface area contributed by atoms with Crippen molar-refractivity contribution in [1.29, 1.82) is 0 Å². The van der Waals surface area contributed by atoms with E-state index in [1.54, 1.807) is 0 Å². The molecule has 0 aromatic heterocycles. The number of rotatable bonds is 14. The molecule has 0 aromatic rings. The normalized spacial score (nSPS) is 15.7. The molecule has 0 saturated heterocycles. The van der Waals surface area contributed by atoms with Crippen LogP contribution >= 0.6 is 0 Å². The van der Waals surface area contributed by atoms with Gasteiger partial charge in [-0.3, -0.25) is 0 Å². The Morgan fingerprint density at radius 3 is 1.04 bits per heavy atom. The predicted molar refractivity (Wildman–Crippen MR) is 115 cm³/mol. The van der Waals surface area contributed by atoms with Gasteiger partial charge in [-0.25, -0.2) is 0 Å². The molecule has 2 unspecified atom stereocenters. The van der Waals surface area contributed by atoms with Gasteiger partial charge in [0.05, 0.1) is 16.1 Å². The molecule has 0 aliphatic carbocycles. The molecule has 3 heteroatoms. The zero-order valence-electron chi connectivity index (χ0n) is 17.7. The minimum absolute atomic E-state index is 0.975. The zero-order chi connectivity index (χ0) is 17.9. The summed E-state index contributed by atoms with van der Waals surface area (Å²) in [6.07, 6.45) is 2.79. The molecule has 2 atom stereocenters. The first-order chi connectivity index (χ1) is 10.9. The minimum atomic E-state index is -0.983. The van der Waals surface area contributed by atoms with Gasteiger partial charge in [0.25, 0.3) is 0 Å². The van der Waals surface area contributed by atoms with Gasteiger partial charge in [-0.1, -0.05) is 91.7 Å². The SMILES string of the molecule is CC[Si](CC)(CC)C(C)CCNCCC(C)[Si](CC)(CC)CC. The van der Waals surface area contributed by atoms with Gasteiger partial charge < -0.3 is 5.32 Å². The predicted octanol–water partition coefficient (Wildman–Crippen LogP) is 7.15. The second-order valence-corrected chi connectivity index (χ2v) is 19.6. The molecule has 0 radical (unpaired) electrons. The van der Waals surface area contributed by atoms with Crippen molar-refractivity contribution in [1.82, 2.24) is 5.32 Å². The van der Waals surface area contributed by atoms with Crippen LogP contribution in [0.5, 0.6) is 0 Å². The summed E-state index contributed by atoms with van der Waals surface area (Å²) >= 11 is 0. The van der Waals surface area contributed by atoms with E-state index >= 15 is 0 Å². The van der Waals surface area contributed by atoms with Crippen LogP contribution in [0.3, 0.4) is 0 Å². The summed E-state index contributed by atoms with van der Waals surface area (Å²) in [6, 6.07) is 8.81. The van der Waals surface area contributed by atoms with E-state index < -0.39 is 16.1 Å². The van der Waals surface area contributed by atoms with Crippen LogP contribution < -0.4 is 5.32 Å². The molecule has 0 heterocycles. The first-order valence-corrected chi connectivity index (χ1v) is 16.0. The van der Waals surface area contributed by atoms with Crippen molar-refractivity contribution < 1.29 is 0 Å².